The summed E-state index contributed by atoms with van der Waals surface area (Å²) in [5.74, 6) is 1.27. The number of nitrogens with zero attached hydrogens (tertiary/aromatic N) is 7. The van der Waals surface area contributed by atoms with Gasteiger partial charge in [-0.05, 0) is 90.0 Å². The fraction of sp³-hybridized carbons (Fsp3) is 0. The van der Waals surface area contributed by atoms with Gasteiger partial charge in [-0.2, -0.15) is 0 Å². The molecule has 10 aromatic carbocycles. The van der Waals surface area contributed by atoms with E-state index in [0.717, 1.165) is 101 Å². The summed E-state index contributed by atoms with van der Waals surface area (Å²) in [6, 6.07) is 88.5. The highest BCUT2D eigenvalue weighted by Gasteiger charge is 2.27. The zero-order valence-corrected chi connectivity index (χ0v) is 38.8. The zero-order chi connectivity index (χ0) is 47.3. The third-order valence-electron chi connectivity index (χ3n) is 14.4. The van der Waals surface area contributed by atoms with E-state index in [4.69, 9.17) is 15.0 Å². The Morgan fingerprint density at radius 3 is 1.33 bits per heavy atom. The maximum atomic E-state index is 5.70. The Hall–Kier alpha value is -9.85. The topological polar surface area (TPSA) is 57.9 Å². The monoisotopic (exact) mass is 919 g/mol. The smallest absolute Gasteiger partial charge is 0.238 e. The van der Waals surface area contributed by atoms with Gasteiger partial charge >= 0.3 is 0 Å². The number of fused-ring (bicyclic) bond motifs is 10. The van der Waals surface area contributed by atoms with Gasteiger partial charge in [0.15, 0.2) is 0 Å². The van der Waals surface area contributed by atoms with Crippen molar-refractivity contribution in [2.75, 3.05) is 0 Å². The third kappa shape index (κ3) is 6.07. The molecule has 72 heavy (non-hydrogen) atoms. The number of rotatable bonds is 7. The summed E-state index contributed by atoms with van der Waals surface area (Å²) < 4.78 is 9.24. The molecule has 5 aromatic heterocycles. The Labute approximate surface area is 413 Å². The largest absolute Gasteiger partial charge is 0.309 e. The first-order chi connectivity index (χ1) is 35.7. The summed E-state index contributed by atoms with van der Waals surface area (Å²) >= 11 is 0. The molecule has 0 saturated heterocycles. The second kappa shape index (κ2) is 15.8. The molecule has 0 fully saturated rings. The maximum Gasteiger partial charge on any atom is 0.238 e. The fourth-order valence-corrected chi connectivity index (χ4v) is 11.2. The average molecular weight is 920 g/mol. The molecule has 0 aliphatic carbocycles. The SMILES string of the molecule is c1ccc(-c2nc3n(-c4nc(-c5ccccc5)c5ccccc5n4)c4ccc(-c5ccc6c(c5)c5ccccc5n6-c5ccccc5)cc4n3c2-c2ccc3c(c2)c2ccccc2n3-c2ccccc2)cc1. The van der Waals surface area contributed by atoms with Crippen LogP contribution in [0, 0.1) is 0 Å². The molecule has 0 spiro atoms. The number of hydrogen-bond acceptors (Lipinski definition) is 3. The second-order valence-corrected chi connectivity index (χ2v) is 18.4. The van der Waals surface area contributed by atoms with E-state index in [9.17, 15) is 0 Å². The predicted molar refractivity (Wildman–Crippen MR) is 296 cm³/mol. The lowest BCUT2D eigenvalue weighted by Crippen LogP contribution is -2.04. The van der Waals surface area contributed by atoms with Gasteiger partial charge < -0.3 is 9.13 Å². The van der Waals surface area contributed by atoms with Crippen LogP contribution in [0.15, 0.2) is 249 Å². The third-order valence-corrected chi connectivity index (χ3v) is 14.4. The van der Waals surface area contributed by atoms with Crippen LogP contribution in [0.5, 0.6) is 0 Å². The van der Waals surface area contributed by atoms with Crippen LogP contribution in [0.2, 0.25) is 0 Å². The van der Waals surface area contributed by atoms with Gasteiger partial charge in [0, 0.05) is 55.0 Å². The minimum Gasteiger partial charge on any atom is -0.309 e. The Morgan fingerprint density at radius 2 is 0.722 bits per heavy atom. The first kappa shape index (κ1) is 40.1. The van der Waals surface area contributed by atoms with Crippen LogP contribution < -0.4 is 0 Å². The molecule has 0 aliphatic rings. The molecule has 0 radical (unpaired) electrons. The molecule has 0 aliphatic heterocycles. The number of aromatic nitrogens is 7. The Morgan fingerprint density at radius 1 is 0.264 bits per heavy atom. The summed E-state index contributed by atoms with van der Waals surface area (Å²) in [7, 11) is 0. The summed E-state index contributed by atoms with van der Waals surface area (Å²) in [6.07, 6.45) is 0. The number of para-hydroxylation sites is 5. The van der Waals surface area contributed by atoms with E-state index < -0.39 is 0 Å². The van der Waals surface area contributed by atoms with Crippen molar-refractivity contribution in [2.24, 2.45) is 0 Å². The van der Waals surface area contributed by atoms with Crippen LogP contribution >= 0.6 is 0 Å². The van der Waals surface area contributed by atoms with E-state index in [1.165, 1.54) is 27.1 Å². The van der Waals surface area contributed by atoms with Crippen molar-refractivity contribution in [2.45, 2.75) is 0 Å². The molecule has 7 heteroatoms. The molecule has 0 bridgehead atoms. The minimum absolute atomic E-state index is 0.549. The highest BCUT2D eigenvalue weighted by atomic mass is 15.3. The molecular formula is C65H41N7. The van der Waals surface area contributed by atoms with Gasteiger partial charge in [-0.1, -0.05) is 170 Å². The summed E-state index contributed by atoms with van der Waals surface area (Å²) in [4.78, 5) is 16.5. The second-order valence-electron chi connectivity index (χ2n) is 18.4. The van der Waals surface area contributed by atoms with Crippen LogP contribution in [0.1, 0.15) is 0 Å². The number of hydrogen-bond donors (Lipinski definition) is 0. The highest BCUT2D eigenvalue weighted by Crippen LogP contribution is 2.43. The normalized spacial score (nSPS) is 11.9. The predicted octanol–water partition coefficient (Wildman–Crippen LogP) is 16.1. The molecule has 0 amide bonds. The van der Waals surface area contributed by atoms with Gasteiger partial charge in [-0.15, -0.1) is 0 Å². The van der Waals surface area contributed by atoms with Gasteiger partial charge in [0.05, 0.1) is 55.7 Å². The van der Waals surface area contributed by atoms with Gasteiger partial charge in [0.1, 0.15) is 0 Å². The Balaban J connectivity index is 1.04. The van der Waals surface area contributed by atoms with Crippen LogP contribution in [-0.4, -0.2) is 33.1 Å². The zero-order valence-electron chi connectivity index (χ0n) is 38.8. The van der Waals surface area contributed by atoms with Crippen LogP contribution in [-0.2, 0) is 0 Å². The summed E-state index contributed by atoms with van der Waals surface area (Å²) in [5, 5.41) is 5.75. The first-order valence-corrected chi connectivity index (χ1v) is 24.4. The standard InChI is InChI=1S/C65H41N7/c1-5-19-42(20-6-1)61-51-29-13-16-30-54(51)66-64(67-61)72-59-38-34-45(44-33-36-57-52(39-44)49-27-14-17-31-55(49)69(57)47-23-9-3-10-24-47)41-60(59)71-63(62(68-65(71)72)43-21-7-2-8-22-43)46-35-37-58-53(40-46)50-28-15-18-32-56(50)70(58)48-25-11-4-12-26-48/h1-41H. The maximum absolute atomic E-state index is 5.70. The first-order valence-electron chi connectivity index (χ1n) is 24.4. The van der Waals surface area contributed by atoms with E-state index in [1.807, 2.05) is 12.1 Å². The molecule has 0 N–H and O–H groups in total. The van der Waals surface area contributed by atoms with Crippen molar-refractivity contribution < 1.29 is 0 Å². The van der Waals surface area contributed by atoms with Crippen molar-refractivity contribution in [3.63, 3.8) is 0 Å². The minimum atomic E-state index is 0.549. The Kier molecular flexibility index (Phi) is 8.82. The molecule has 15 aromatic rings. The van der Waals surface area contributed by atoms with E-state index in [0.29, 0.717) is 5.95 Å². The molecule has 5 heterocycles. The lowest BCUT2D eigenvalue weighted by molar-refractivity contribution is 0.984. The molecule has 0 unspecified atom stereocenters. The van der Waals surface area contributed by atoms with Crippen molar-refractivity contribution in [1.82, 2.24) is 33.1 Å². The molecule has 15 rings (SSSR count). The molecule has 7 nitrogen and oxygen atoms in total. The van der Waals surface area contributed by atoms with Crippen LogP contribution in [0.3, 0.4) is 0 Å². The van der Waals surface area contributed by atoms with E-state index in [2.05, 4.69) is 255 Å². The number of benzene rings is 10. The lowest BCUT2D eigenvalue weighted by Gasteiger charge is -2.11. The van der Waals surface area contributed by atoms with E-state index >= 15 is 0 Å². The van der Waals surface area contributed by atoms with Crippen molar-refractivity contribution in [1.29, 1.82) is 0 Å². The molecule has 0 saturated carbocycles. The fourth-order valence-electron chi connectivity index (χ4n) is 11.2. The quantitative estimate of drug-likeness (QED) is 0.160. The van der Waals surface area contributed by atoms with Crippen molar-refractivity contribution in [3.8, 4) is 62.2 Å². The molecule has 0 atom stereocenters. The summed E-state index contributed by atoms with van der Waals surface area (Å²) in [5.41, 5.74) is 17.7. The average Bonchev–Trinajstić information content (AvgIpc) is 4.19. The van der Waals surface area contributed by atoms with Crippen LogP contribution in [0.4, 0.5) is 0 Å². The van der Waals surface area contributed by atoms with Crippen LogP contribution in [0.25, 0.3) is 134 Å². The van der Waals surface area contributed by atoms with E-state index in [-0.39, 0.29) is 0 Å². The van der Waals surface area contributed by atoms with Crippen molar-refractivity contribution in [3.05, 3.63) is 249 Å². The number of imidazole rings is 2. The van der Waals surface area contributed by atoms with E-state index in [1.54, 1.807) is 0 Å². The molecule has 336 valence electrons. The molecular weight excluding hydrogens is 879 g/mol. The van der Waals surface area contributed by atoms with Crippen molar-refractivity contribution >= 4 is 71.3 Å². The lowest BCUT2D eigenvalue weighted by atomic mass is 10.0. The van der Waals surface area contributed by atoms with Gasteiger partial charge in [-0.3, -0.25) is 4.40 Å². The van der Waals surface area contributed by atoms with Gasteiger partial charge in [0.25, 0.3) is 0 Å². The Bertz CT molecular complexity index is 4600. The van der Waals surface area contributed by atoms with Gasteiger partial charge in [-0.25, -0.2) is 19.5 Å². The summed E-state index contributed by atoms with van der Waals surface area (Å²) in [6.45, 7) is 0. The highest BCUT2D eigenvalue weighted by molar-refractivity contribution is 6.12. The van der Waals surface area contributed by atoms with Gasteiger partial charge in [0.2, 0.25) is 11.7 Å².